The Kier molecular flexibility index (Phi) is 2.62. The summed E-state index contributed by atoms with van der Waals surface area (Å²) in [5, 5.41) is 0. The second-order valence-electron chi connectivity index (χ2n) is 5.49. The van der Waals surface area contributed by atoms with Crippen LogP contribution in [0.15, 0.2) is 18.2 Å². The van der Waals surface area contributed by atoms with Crippen molar-refractivity contribution < 1.29 is 9.53 Å². The summed E-state index contributed by atoms with van der Waals surface area (Å²) in [6.45, 7) is 2.00. The fraction of sp³-hybridized carbons (Fsp3) is 0.467. The van der Waals surface area contributed by atoms with Gasteiger partial charge in [-0.05, 0) is 43.9 Å². The topological polar surface area (TPSA) is 44.1 Å². The van der Waals surface area contributed by atoms with Crippen molar-refractivity contribution in [3.63, 3.8) is 0 Å². The van der Waals surface area contributed by atoms with Gasteiger partial charge in [0, 0.05) is 7.05 Å². The van der Waals surface area contributed by atoms with E-state index in [4.69, 9.17) is 4.74 Å². The van der Waals surface area contributed by atoms with Gasteiger partial charge in [-0.15, -0.1) is 0 Å². The molecule has 0 amide bonds. The van der Waals surface area contributed by atoms with Crippen molar-refractivity contribution in [1.29, 1.82) is 0 Å². The molecule has 0 atom stereocenters. The maximum absolute atomic E-state index is 11.8. The van der Waals surface area contributed by atoms with E-state index in [1.807, 2.05) is 14.0 Å². The van der Waals surface area contributed by atoms with Gasteiger partial charge < -0.3 is 9.30 Å². The fourth-order valence-corrected chi connectivity index (χ4v) is 2.69. The van der Waals surface area contributed by atoms with Crippen molar-refractivity contribution in [3.8, 4) is 0 Å². The first-order chi connectivity index (χ1) is 9.05. The number of methoxy groups -OCH3 is 1. The predicted octanol–water partition coefficient (Wildman–Crippen LogP) is 2.38. The Morgan fingerprint density at radius 2 is 2.21 bits per heavy atom. The van der Waals surface area contributed by atoms with E-state index in [0.29, 0.717) is 0 Å². The zero-order valence-corrected chi connectivity index (χ0v) is 11.6. The molecule has 3 rings (SSSR count). The Bertz CT molecular complexity index is 653. The highest BCUT2D eigenvalue weighted by Crippen LogP contribution is 2.49. The molecule has 1 fully saturated rings. The molecule has 0 bridgehead atoms. The first-order valence-corrected chi connectivity index (χ1v) is 6.56. The van der Waals surface area contributed by atoms with Crippen molar-refractivity contribution in [3.05, 3.63) is 29.6 Å². The lowest BCUT2D eigenvalue weighted by Crippen LogP contribution is -2.19. The SMILES string of the molecule is COC(=O)C1(Cc2ccc3c(c2)nc(C)n3C)CC1. The molecule has 1 heterocycles. The van der Waals surface area contributed by atoms with Crippen molar-refractivity contribution in [2.75, 3.05) is 7.11 Å². The van der Waals surface area contributed by atoms with Crippen LogP contribution in [0, 0.1) is 12.3 Å². The lowest BCUT2D eigenvalue weighted by Gasteiger charge is -2.12. The summed E-state index contributed by atoms with van der Waals surface area (Å²) in [6, 6.07) is 6.26. The lowest BCUT2D eigenvalue weighted by molar-refractivity contribution is -0.147. The molecule has 4 heteroatoms. The number of ether oxygens (including phenoxy) is 1. The van der Waals surface area contributed by atoms with Gasteiger partial charge in [0.15, 0.2) is 0 Å². The normalized spacial score (nSPS) is 16.6. The number of benzene rings is 1. The van der Waals surface area contributed by atoms with E-state index in [1.165, 1.54) is 7.11 Å². The molecule has 19 heavy (non-hydrogen) atoms. The number of carbonyl (C=O) groups excluding carboxylic acids is 1. The molecule has 0 unspecified atom stereocenters. The average Bonchev–Trinajstić information content (AvgIpc) is 3.12. The zero-order valence-electron chi connectivity index (χ0n) is 11.6. The number of rotatable bonds is 3. The summed E-state index contributed by atoms with van der Waals surface area (Å²) < 4.78 is 6.98. The van der Waals surface area contributed by atoms with Gasteiger partial charge in [-0.2, -0.15) is 0 Å². The molecule has 100 valence electrons. The molecule has 0 aliphatic heterocycles. The molecule has 1 saturated carbocycles. The Hall–Kier alpha value is -1.84. The number of hydrogen-bond donors (Lipinski definition) is 0. The summed E-state index contributed by atoms with van der Waals surface area (Å²) >= 11 is 0. The van der Waals surface area contributed by atoms with E-state index >= 15 is 0 Å². The Morgan fingerprint density at radius 3 is 2.84 bits per heavy atom. The van der Waals surface area contributed by atoms with E-state index in [-0.39, 0.29) is 11.4 Å². The highest BCUT2D eigenvalue weighted by molar-refractivity contribution is 5.81. The quantitative estimate of drug-likeness (QED) is 0.794. The van der Waals surface area contributed by atoms with Crippen molar-refractivity contribution in [1.82, 2.24) is 9.55 Å². The van der Waals surface area contributed by atoms with Crippen LogP contribution in [0.3, 0.4) is 0 Å². The van der Waals surface area contributed by atoms with Crippen LogP contribution in [-0.4, -0.2) is 22.6 Å². The van der Waals surface area contributed by atoms with Gasteiger partial charge in [0.2, 0.25) is 0 Å². The molecule has 0 N–H and O–H groups in total. The average molecular weight is 258 g/mol. The summed E-state index contributed by atoms with van der Waals surface area (Å²) in [5.74, 6) is 0.922. The van der Waals surface area contributed by atoms with Crippen LogP contribution in [0.4, 0.5) is 0 Å². The molecule has 1 aliphatic rings. The minimum absolute atomic E-state index is 0.0789. The van der Waals surface area contributed by atoms with Crippen LogP contribution in [0.2, 0.25) is 0 Å². The van der Waals surface area contributed by atoms with Gasteiger partial charge in [0.05, 0.1) is 23.6 Å². The molecule has 1 aliphatic carbocycles. The third kappa shape index (κ3) is 1.91. The van der Waals surface area contributed by atoms with Crippen LogP contribution in [-0.2, 0) is 23.0 Å². The second kappa shape index (κ2) is 4.08. The number of fused-ring (bicyclic) bond motifs is 1. The molecule has 0 radical (unpaired) electrons. The van der Waals surface area contributed by atoms with Gasteiger partial charge in [-0.1, -0.05) is 6.07 Å². The van der Waals surface area contributed by atoms with Gasteiger partial charge >= 0.3 is 5.97 Å². The summed E-state index contributed by atoms with van der Waals surface area (Å²) in [4.78, 5) is 16.3. The second-order valence-corrected chi connectivity index (χ2v) is 5.49. The Labute approximate surface area is 112 Å². The predicted molar refractivity (Wildman–Crippen MR) is 72.8 cm³/mol. The summed E-state index contributed by atoms with van der Waals surface area (Å²) in [7, 11) is 3.48. The summed E-state index contributed by atoms with van der Waals surface area (Å²) in [5.41, 5.74) is 3.02. The molecule has 1 aromatic heterocycles. The van der Waals surface area contributed by atoms with Crippen LogP contribution < -0.4 is 0 Å². The minimum Gasteiger partial charge on any atom is -0.469 e. The molecule has 0 saturated heterocycles. The van der Waals surface area contributed by atoms with E-state index < -0.39 is 0 Å². The Morgan fingerprint density at radius 1 is 1.47 bits per heavy atom. The lowest BCUT2D eigenvalue weighted by atomic mass is 9.96. The number of imidazole rings is 1. The molecular formula is C15H18N2O2. The van der Waals surface area contributed by atoms with Crippen molar-refractivity contribution >= 4 is 17.0 Å². The zero-order chi connectivity index (χ0) is 13.6. The molecule has 4 nitrogen and oxygen atoms in total. The first-order valence-electron chi connectivity index (χ1n) is 6.56. The molecule has 0 spiro atoms. The highest BCUT2D eigenvalue weighted by atomic mass is 16.5. The summed E-state index contributed by atoms with van der Waals surface area (Å²) in [6.07, 6.45) is 2.61. The van der Waals surface area contributed by atoms with E-state index in [9.17, 15) is 4.79 Å². The van der Waals surface area contributed by atoms with Gasteiger partial charge in [0.25, 0.3) is 0 Å². The van der Waals surface area contributed by atoms with E-state index in [1.54, 1.807) is 0 Å². The number of esters is 1. The maximum Gasteiger partial charge on any atom is 0.312 e. The minimum atomic E-state index is -0.272. The van der Waals surface area contributed by atoms with Gasteiger partial charge in [-0.3, -0.25) is 4.79 Å². The smallest absolute Gasteiger partial charge is 0.312 e. The monoisotopic (exact) mass is 258 g/mol. The van der Waals surface area contributed by atoms with Gasteiger partial charge in [-0.25, -0.2) is 4.98 Å². The van der Waals surface area contributed by atoms with Crippen molar-refractivity contribution in [2.24, 2.45) is 12.5 Å². The van der Waals surface area contributed by atoms with Crippen LogP contribution in [0.25, 0.3) is 11.0 Å². The first kappa shape index (κ1) is 12.2. The standard InChI is InChI=1S/C15H18N2O2/c1-10-16-12-8-11(4-5-13(12)17(10)2)9-15(6-7-15)14(18)19-3/h4-5,8H,6-7,9H2,1-3H3. The largest absolute Gasteiger partial charge is 0.469 e. The number of nitrogens with zero attached hydrogens (tertiary/aromatic N) is 2. The molecule has 2 aromatic rings. The maximum atomic E-state index is 11.8. The van der Waals surface area contributed by atoms with Crippen LogP contribution in [0.5, 0.6) is 0 Å². The Balaban J connectivity index is 1.92. The van der Waals surface area contributed by atoms with Crippen molar-refractivity contribution in [2.45, 2.75) is 26.2 Å². The fourth-order valence-electron chi connectivity index (χ4n) is 2.69. The molecule has 1 aromatic carbocycles. The highest BCUT2D eigenvalue weighted by Gasteiger charge is 2.50. The number of hydrogen-bond acceptors (Lipinski definition) is 3. The molecular weight excluding hydrogens is 240 g/mol. The van der Waals surface area contributed by atoms with E-state index in [2.05, 4.69) is 27.8 Å². The third-order valence-corrected chi connectivity index (χ3v) is 4.18. The van der Waals surface area contributed by atoms with Crippen LogP contribution in [0.1, 0.15) is 24.2 Å². The van der Waals surface area contributed by atoms with E-state index in [0.717, 1.165) is 41.7 Å². The van der Waals surface area contributed by atoms with Gasteiger partial charge in [0.1, 0.15) is 5.82 Å². The number of aromatic nitrogens is 2. The van der Waals surface area contributed by atoms with Crippen LogP contribution >= 0.6 is 0 Å². The third-order valence-electron chi connectivity index (χ3n) is 4.18. The number of carbonyl (C=O) groups is 1. The number of aryl methyl sites for hydroxylation is 2.